The van der Waals surface area contributed by atoms with Gasteiger partial charge in [0.1, 0.15) is 11.4 Å². The summed E-state index contributed by atoms with van der Waals surface area (Å²) in [4.78, 5) is 30.9. The van der Waals surface area contributed by atoms with Crippen LogP contribution in [0, 0.1) is 11.3 Å². The van der Waals surface area contributed by atoms with Crippen LogP contribution in [0.4, 0.5) is 0 Å². The van der Waals surface area contributed by atoms with E-state index in [1.807, 2.05) is 13.8 Å². The fourth-order valence-electron chi connectivity index (χ4n) is 3.50. The molecule has 0 N–H and O–H groups in total. The van der Waals surface area contributed by atoms with Crippen molar-refractivity contribution in [3.63, 3.8) is 0 Å². The van der Waals surface area contributed by atoms with E-state index in [4.69, 9.17) is 4.74 Å². The molecule has 0 aliphatic carbocycles. The maximum absolute atomic E-state index is 12.9. The normalized spacial score (nSPS) is 20.5. The summed E-state index contributed by atoms with van der Waals surface area (Å²) in [6, 6.07) is 8.26. The molecule has 25 heavy (non-hydrogen) atoms. The van der Waals surface area contributed by atoms with E-state index in [2.05, 4.69) is 11.1 Å². The predicted octanol–water partition coefficient (Wildman–Crippen LogP) is 2.85. The number of hydrogen-bond acceptors (Lipinski definition) is 5. The highest BCUT2D eigenvalue weighted by Gasteiger charge is 2.46. The van der Waals surface area contributed by atoms with Crippen LogP contribution in [0.5, 0.6) is 5.75 Å². The van der Waals surface area contributed by atoms with Crippen molar-refractivity contribution in [1.82, 2.24) is 9.88 Å². The van der Waals surface area contributed by atoms with Gasteiger partial charge in [-0.1, -0.05) is 0 Å². The van der Waals surface area contributed by atoms with Crippen LogP contribution < -0.4 is 4.74 Å². The number of nitriles is 1. The van der Waals surface area contributed by atoms with Gasteiger partial charge in [0, 0.05) is 24.4 Å². The number of hydrogen-bond donors (Lipinski definition) is 0. The van der Waals surface area contributed by atoms with Gasteiger partial charge in [0.25, 0.3) is 11.8 Å². The molecule has 3 heterocycles. The molecule has 0 spiro atoms. The molecule has 0 unspecified atom stereocenters. The number of benzene rings is 1. The SMILES string of the molecule is CC1(C)C[C@H](N2C(=O)c3ccncc3C2=O)c2cc(C#N)ccc2O1. The average molecular weight is 333 g/mol. The molecule has 6 heteroatoms. The van der Waals surface area contributed by atoms with Gasteiger partial charge in [-0.05, 0) is 38.1 Å². The third-order valence-electron chi connectivity index (χ3n) is 4.60. The Morgan fingerprint density at radius 1 is 1.24 bits per heavy atom. The van der Waals surface area contributed by atoms with E-state index in [1.165, 1.54) is 17.3 Å². The highest BCUT2D eigenvalue weighted by molar-refractivity contribution is 6.21. The number of carbonyl (C=O) groups excluding carboxylic acids is 2. The fourth-order valence-corrected chi connectivity index (χ4v) is 3.50. The molecule has 2 aliphatic rings. The molecule has 124 valence electrons. The Labute approximate surface area is 144 Å². The van der Waals surface area contributed by atoms with Crippen molar-refractivity contribution in [1.29, 1.82) is 5.26 Å². The first-order valence-corrected chi connectivity index (χ1v) is 7.96. The first-order chi connectivity index (χ1) is 11.9. The minimum absolute atomic E-state index is 0.315. The van der Waals surface area contributed by atoms with Crippen LogP contribution in [0.2, 0.25) is 0 Å². The van der Waals surface area contributed by atoms with Crippen LogP contribution in [-0.2, 0) is 0 Å². The van der Waals surface area contributed by atoms with Crippen molar-refractivity contribution in [3.8, 4) is 11.8 Å². The summed E-state index contributed by atoms with van der Waals surface area (Å²) in [5.41, 5.74) is 1.28. The Morgan fingerprint density at radius 3 is 2.72 bits per heavy atom. The molecule has 0 fully saturated rings. The number of amides is 2. The minimum atomic E-state index is -0.542. The first kappa shape index (κ1) is 15.3. The number of rotatable bonds is 1. The lowest BCUT2D eigenvalue weighted by Crippen LogP contribution is -2.43. The van der Waals surface area contributed by atoms with E-state index in [0.717, 1.165) is 0 Å². The lowest BCUT2D eigenvalue weighted by Gasteiger charge is -2.40. The highest BCUT2D eigenvalue weighted by Crippen LogP contribution is 2.45. The number of imide groups is 1. The van der Waals surface area contributed by atoms with Gasteiger partial charge in [0.05, 0.1) is 28.8 Å². The Hall–Kier alpha value is -3.20. The standard InChI is InChI=1S/C19H15N3O3/c1-19(2)8-15(13-7-11(9-20)3-4-16(13)25-19)22-17(23)12-5-6-21-10-14(12)18(22)24/h3-7,10,15H,8H2,1-2H3/t15-/m0/s1. The molecular formula is C19H15N3O3. The second kappa shape index (κ2) is 5.15. The monoisotopic (exact) mass is 333 g/mol. The Bertz CT molecular complexity index is 924. The molecular weight excluding hydrogens is 318 g/mol. The summed E-state index contributed by atoms with van der Waals surface area (Å²) in [6.45, 7) is 3.84. The maximum Gasteiger partial charge on any atom is 0.263 e. The third-order valence-corrected chi connectivity index (χ3v) is 4.60. The topological polar surface area (TPSA) is 83.3 Å². The predicted molar refractivity (Wildman–Crippen MR) is 88.0 cm³/mol. The summed E-state index contributed by atoms with van der Waals surface area (Å²) < 4.78 is 5.99. The van der Waals surface area contributed by atoms with Gasteiger partial charge in [-0.25, -0.2) is 0 Å². The summed E-state index contributed by atoms with van der Waals surface area (Å²) >= 11 is 0. The van der Waals surface area contributed by atoms with E-state index in [1.54, 1.807) is 24.3 Å². The minimum Gasteiger partial charge on any atom is -0.487 e. The summed E-state index contributed by atoms with van der Waals surface area (Å²) in [5.74, 6) is -0.0996. The highest BCUT2D eigenvalue weighted by atomic mass is 16.5. The van der Waals surface area contributed by atoms with Crippen molar-refractivity contribution >= 4 is 11.8 Å². The molecule has 0 saturated carbocycles. The van der Waals surface area contributed by atoms with Crippen molar-refractivity contribution in [2.75, 3.05) is 0 Å². The van der Waals surface area contributed by atoms with Crippen LogP contribution in [-0.4, -0.2) is 27.3 Å². The average Bonchev–Trinajstić information content (AvgIpc) is 2.84. The molecule has 0 bridgehead atoms. The summed E-state index contributed by atoms with van der Waals surface area (Å²) in [6.07, 6.45) is 3.38. The Morgan fingerprint density at radius 2 is 2.00 bits per heavy atom. The number of fused-ring (bicyclic) bond motifs is 2. The second-order valence-corrected chi connectivity index (χ2v) is 6.85. The number of aromatic nitrogens is 1. The number of pyridine rings is 1. The Balaban J connectivity index is 1.85. The van der Waals surface area contributed by atoms with Crippen molar-refractivity contribution in [2.24, 2.45) is 0 Å². The van der Waals surface area contributed by atoms with E-state index in [0.29, 0.717) is 34.4 Å². The van der Waals surface area contributed by atoms with E-state index >= 15 is 0 Å². The van der Waals surface area contributed by atoms with E-state index in [9.17, 15) is 14.9 Å². The summed E-state index contributed by atoms with van der Waals surface area (Å²) in [5, 5.41) is 9.19. The Kier molecular flexibility index (Phi) is 3.16. The van der Waals surface area contributed by atoms with Gasteiger partial charge in [0.15, 0.2) is 0 Å². The number of carbonyl (C=O) groups is 2. The molecule has 2 aromatic rings. The van der Waals surface area contributed by atoms with Crippen LogP contribution >= 0.6 is 0 Å². The fraction of sp³-hybridized carbons (Fsp3) is 0.263. The van der Waals surface area contributed by atoms with Crippen LogP contribution in [0.1, 0.15) is 58.2 Å². The van der Waals surface area contributed by atoms with Crippen LogP contribution in [0.25, 0.3) is 0 Å². The van der Waals surface area contributed by atoms with Gasteiger partial charge in [0.2, 0.25) is 0 Å². The molecule has 1 aromatic carbocycles. The van der Waals surface area contributed by atoms with Gasteiger partial charge >= 0.3 is 0 Å². The zero-order valence-corrected chi connectivity index (χ0v) is 13.8. The largest absolute Gasteiger partial charge is 0.487 e. The van der Waals surface area contributed by atoms with Crippen molar-refractivity contribution in [2.45, 2.75) is 31.9 Å². The molecule has 2 aliphatic heterocycles. The molecule has 1 aromatic heterocycles. The van der Waals surface area contributed by atoms with Gasteiger partial charge in [-0.2, -0.15) is 5.26 Å². The molecule has 0 radical (unpaired) electrons. The zero-order chi connectivity index (χ0) is 17.8. The maximum atomic E-state index is 12.9. The lowest BCUT2D eigenvalue weighted by atomic mass is 9.88. The van der Waals surface area contributed by atoms with Crippen molar-refractivity contribution in [3.05, 3.63) is 58.9 Å². The quantitative estimate of drug-likeness (QED) is 0.749. The number of nitrogens with zero attached hydrogens (tertiary/aromatic N) is 3. The van der Waals surface area contributed by atoms with Crippen molar-refractivity contribution < 1.29 is 14.3 Å². The molecule has 2 amide bonds. The first-order valence-electron chi connectivity index (χ1n) is 7.96. The smallest absolute Gasteiger partial charge is 0.263 e. The molecule has 6 nitrogen and oxygen atoms in total. The second-order valence-electron chi connectivity index (χ2n) is 6.85. The molecule has 4 rings (SSSR count). The van der Waals surface area contributed by atoms with Gasteiger partial charge in [-0.15, -0.1) is 0 Å². The molecule has 1 atom stereocenters. The third kappa shape index (κ3) is 2.28. The van der Waals surface area contributed by atoms with Crippen LogP contribution in [0.15, 0.2) is 36.7 Å². The van der Waals surface area contributed by atoms with Crippen LogP contribution in [0.3, 0.4) is 0 Å². The van der Waals surface area contributed by atoms with E-state index < -0.39 is 11.6 Å². The van der Waals surface area contributed by atoms with Gasteiger partial charge in [-0.3, -0.25) is 19.5 Å². The number of ether oxygens (including phenoxy) is 1. The van der Waals surface area contributed by atoms with Gasteiger partial charge < -0.3 is 4.74 Å². The molecule has 0 saturated heterocycles. The summed E-state index contributed by atoms with van der Waals surface area (Å²) in [7, 11) is 0. The lowest BCUT2D eigenvalue weighted by molar-refractivity contribution is 0.0275. The zero-order valence-electron chi connectivity index (χ0n) is 13.8. The van der Waals surface area contributed by atoms with E-state index in [-0.39, 0.29) is 11.8 Å².